The first-order chi connectivity index (χ1) is 39.9. The molecule has 0 unspecified atom stereocenters. The van der Waals surface area contributed by atoms with Crippen LogP contribution in [-0.2, 0) is 71.3 Å². The molecule has 5 aliphatic heterocycles. The molecule has 5 aliphatic rings. The van der Waals surface area contributed by atoms with E-state index in [0.29, 0.717) is 0 Å². The summed E-state index contributed by atoms with van der Waals surface area (Å²) in [4.78, 5) is 62.6. The van der Waals surface area contributed by atoms with E-state index in [1.54, 1.807) is 0 Å². The lowest BCUT2D eigenvalue weighted by Gasteiger charge is -2.51. The van der Waals surface area contributed by atoms with Gasteiger partial charge in [0, 0.05) is 34.1 Å². The fraction of sp³-hybridized carbons (Fsp3) is 0.894. The molecule has 5 rings (SSSR count). The average Bonchev–Trinajstić information content (AvgIpc) is 2.62. The van der Waals surface area contributed by atoms with Crippen molar-refractivity contribution in [1.29, 1.82) is 0 Å². The molecule has 38 heteroatoms. The summed E-state index contributed by atoms with van der Waals surface area (Å²) >= 11 is 0. The standard InChI is InChI=1S/C47H80N4O34/c1-13(58)48-17(6-52)37(81-43-27(51-16(4)61)33(70)39(24(11-57)80-43)82-44-35(72)34(71)30(67)21(8-54)77-44)29(66)20(64)12-76-42-26(50-15(3)60)32(69)38(23(10-56)79-42)83-45-36(73)41(31(68)22(9-55)78-45)85-47(46(74)75)5-18(62)25(49-14(2)59)40(84-47)28(65)19(63)7-53/h17-45,52-57,62-73H,5-12H2,1-4H3,(H,48,58)(H,49,59)(H,50,60)(H,51,61)(H,74,75)/t17-,18-,19+,20+,21+,22+,23+,24+,25+,26+,27+,28+,29-,30-,31-,32+,33+,34-,35+,36+,37+,38+,39+,40+,41-,42+,43-,44-,45-,47-/m0/s1. The van der Waals surface area contributed by atoms with E-state index in [-0.39, 0.29) is 0 Å². The molecular formula is C47H80N4O34. The van der Waals surface area contributed by atoms with Gasteiger partial charge in [-0.3, -0.25) is 19.2 Å². The molecule has 0 bridgehead atoms. The zero-order chi connectivity index (χ0) is 63.7. The molecule has 0 saturated carbocycles. The van der Waals surface area contributed by atoms with Crippen molar-refractivity contribution in [2.45, 2.75) is 217 Å². The van der Waals surface area contributed by atoms with E-state index in [9.17, 15) is 121 Å². The Morgan fingerprint density at radius 1 is 0.529 bits per heavy atom. The summed E-state index contributed by atoms with van der Waals surface area (Å²) in [5.74, 6) is -8.75. The minimum Gasteiger partial charge on any atom is -0.477 e. The fourth-order valence-electron chi connectivity index (χ4n) is 10.3. The van der Waals surface area contributed by atoms with Crippen LogP contribution in [0, 0.1) is 0 Å². The first kappa shape index (κ1) is 72.0. The first-order valence-corrected chi connectivity index (χ1v) is 26.6. The number of carbonyl (C=O) groups is 5. The van der Waals surface area contributed by atoms with E-state index in [1.807, 2.05) is 0 Å². The van der Waals surface area contributed by atoms with Crippen LogP contribution in [0.2, 0.25) is 0 Å². The molecule has 0 radical (unpaired) electrons. The van der Waals surface area contributed by atoms with Gasteiger partial charge in [0.2, 0.25) is 23.6 Å². The Hall–Kier alpha value is -3.77. The highest BCUT2D eigenvalue weighted by Gasteiger charge is 2.61. The minimum absolute atomic E-state index is 0.831. The molecule has 30 atom stereocenters. The van der Waals surface area contributed by atoms with Crippen LogP contribution in [-0.4, -0.2) is 356 Å². The zero-order valence-corrected chi connectivity index (χ0v) is 46.0. The van der Waals surface area contributed by atoms with E-state index in [2.05, 4.69) is 21.3 Å². The van der Waals surface area contributed by atoms with Gasteiger partial charge in [-0.25, -0.2) is 4.79 Å². The minimum atomic E-state index is -3.20. The van der Waals surface area contributed by atoms with Crippen LogP contribution in [0.25, 0.3) is 0 Å². The lowest BCUT2D eigenvalue weighted by atomic mass is 9.88. The number of amides is 4. The molecule has 38 nitrogen and oxygen atoms in total. The Labute approximate surface area is 482 Å². The number of aliphatic hydroxyl groups excluding tert-OH is 18. The summed E-state index contributed by atoms with van der Waals surface area (Å²) in [6.07, 6.45) is -52.0. The number of ether oxygens (including phenoxy) is 10. The number of carboxylic acid groups (broad SMARTS) is 1. The Morgan fingerprint density at radius 2 is 1.00 bits per heavy atom. The highest BCUT2D eigenvalue weighted by Crippen LogP contribution is 2.39. The van der Waals surface area contributed by atoms with E-state index < -0.39 is 266 Å². The first-order valence-electron chi connectivity index (χ1n) is 26.6. The second-order valence-corrected chi connectivity index (χ2v) is 20.9. The van der Waals surface area contributed by atoms with Gasteiger partial charge in [-0.05, 0) is 0 Å². The molecular weight excluding hydrogens is 1160 g/mol. The Morgan fingerprint density at radius 3 is 1.47 bits per heavy atom. The molecule has 5 heterocycles. The maximum Gasteiger partial charge on any atom is 0.364 e. The van der Waals surface area contributed by atoms with Crippen LogP contribution in [0.4, 0.5) is 0 Å². The van der Waals surface area contributed by atoms with Gasteiger partial charge in [-0.15, -0.1) is 0 Å². The van der Waals surface area contributed by atoms with Gasteiger partial charge >= 0.3 is 5.97 Å². The molecule has 0 aromatic carbocycles. The summed E-state index contributed by atoms with van der Waals surface area (Å²) in [5.41, 5.74) is 0. The van der Waals surface area contributed by atoms with Crippen LogP contribution in [0.15, 0.2) is 0 Å². The van der Waals surface area contributed by atoms with Crippen LogP contribution in [0.3, 0.4) is 0 Å². The highest BCUT2D eigenvalue weighted by atomic mass is 16.8. The van der Waals surface area contributed by atoms with E-state index in [4.69, 9.17) is 47.4 Å². The summed E-state index contributed by atoms with van der Waals surface area (Å²) in [5, 5.41) is 214. The lowest BCUT2D eigenvalue weighted by Crippen LogP contribution is -2.71. The predicted octanol–water partition coefficient (Wildman–Crippen LogP) is -14.7. The lowest BCUT2D eigenvalue weighted by molar-refractivity contribution is -0.383. The summed E-state index contributed by atoms with van der Waals surface area (Å²) in [6.45, 7) is -3.62. The van der Waals surface area contributed by atoms with Gasteiger partial charge in [-0.1, -0.05) is 0 Å². The van der Waals surface area contributed by atoms with Gasteiger partial charge in [0.1, 0.15) is 134 Å². The van der Waals surface area contributed by atoms with Crippen molar-refractivity contribution in [2.75, 3.05) is 46.2 Å². The molecule has 0 aromatic rings. The van der Waals surface area contributed by atoms with Crippen LogP contribution in [0.5, 0.6) is 0 Å². The summed E-state index contributed by atoms with van der Waals surface area (Å²) in [7, 11) is 0. The van der Waals surface area contributed by atoms with Crippen molar-refractivity contribution in [3.63, 3.8) is 0 Å². The normalized spacial score (nSPS) is 41.0. The molecule has 23 N–H and O–H groups in total. The number of nitrogens with one attached hydrogen (secondary N) is 4. The summed E-state index contributed by atoms with van der Waals surface area (Å²) < 4.78 is 57.2. The number of rotatable bonds is 27. The number of aliphatic carboxylic acids is 1. The van der Waals surface area contributed by atoms with Crippen LogP contribution < -0.4 is 21.3 Å². The molecule has 5 saturated heterocycles. The maximum atomic E-state index is 13.0. The number of carbonyl (C=O) groups excluding carboxylic acids is 4. The highest BCUT2D eigenvalue weighted by molar-refractivity contribution is 5.77. The Bertz CT molecular complexity index is 2160. The van der Waals surface area contributed by atoms with E-state index in [0.717, 1.165) is 27.7 Å². The zero-order valence-electron chi connectivity index (χ0n) is 46.0. The van der Waals surface area contributed by atoms with Crippen molar-refractivity contribution in [2.24, 2.45) is 0 Å². The molecule has 4 amide bonds. The average molecular weight is 1250 g/mol. The van der Waals surface area contributed by atoms with Crippen molar-refractivity contribution in [3.05, 3.63) is 0 Å². The molecule has 0 spiro atoms. The second kappa shape index (κ2) is 31.6. The number of carboxylic acids is 1. The third-order valence-electron chi connectivity index (χ3n) is 14.6. The Kier molecular flexibility index (Phi) is 26.8. The monoisotopic (exact) mass is 1240 g/mol. The van der Waals surface area contributed by atoms with Crippen molar-refractivity contribution in [3.8, 4) is 0 Å². The number of hydrogen-bond acceptors (Lipinski definition) is 33. The molecule has 85 heavy (non-hydrogen) atoms. The maximum absolute atomic E-state index is 13.0. The summed E-state index contributed by atoms with van der Waals surface area (Å²) in [6, 6.07) is -7.01. The molecule has 0 aliphatic carbocycles. The third kappa shape index (κ3) is 16.9. The van der Waals surface area contributed by atoms with Gasteiger partial charge in [0.25, 0.3) is 5.79 Å². The van der Waals surface area contributed by atoms with Gasteiger partial charge in [0.15, 0.2) is 25.2 Å². The van der Waals surface area contributed by atoms with Crippen molar-refractivity contribution >= 4 is 29.6 Å². The second-order valence-electron chi connectivity index (χ2n) is 20.9. The van der Waals surface area contributed by atoms with Crippen molar-refractivity contribution < 1.29 is 168 Å². The Balaban J connectivity index is 1.38. The largest absolute Gasteiger partial charge is 0.477 e. The quantitative estimate of drug-likeness (QED) is 0.0363. The van der Waals surface area contributed by atoms with Gasteiger partial charge in [-0.2, -0.15) is 0 Å². The number of aliphatic hydroxyl groups is 18. The molecule has 492 valence electrons. The van der Waals surface area contributed by atoms with Crippen LogP contribution >= 0.6 is 0 Å². The fourth-order valence-corrected chi connectivity index (χ4v) is 10.3. The van der Waals surface area contributed by atoms with Crippen LogP contribution in [0.1, 0.15) is 34.1 Å². The molecule has 5 fully saturated rings. The smallest absolute Gasteiger partial charge is 0.364 e. The molecule has 0 aromatic heterocycles. The van der Waals surface area contributed by atoms with Gasteiger partial charge < -0.3 is 166 Å². The number of hydrogen-bond donors (Lipinski definition) is 23. The van der Waals surface area contributed by atoms with E-state index >= 15 is 0 Å². The topological polar surface area (TPSA) is 610 Å². The predicted molar refractivity (Wildman–Crippen MR) is 265 cm³/mol. The van der Waals surface area contributed by atoms with Crippen molar-refractivity contribution in [1.82, 2.24) is 21.3 Å². The van der Waals surface area contributed by atoms with E-state index in [1.165, 1.54) is 0 Å². The van der Waals surface area contributed by atoms with Gasteiger partial charge in [0.05, 0.1) is 64.4 Å². The SMILES string of the molecule is CC(=O)N[C@H]1[C@H](O[C@@H]([C@@H](O)[C@H](O)CO[C@@H]2O[C@H](CO)[C@@H](O[C@@H]3O[C@H](CO)[C@H](O)[C@H](O[C@]4(C(=O)O)C[C@H](O)[C@@H](NC(C)=O)[C@H]([C@H](O)[C@H](O)CO)O4)[C@H]3O)[C@H](O)[C@H]2NC(C)=O)[C@H](CO)NC(C)=O)O[C@H](CO)[C@@H](O[C@@H]2O[C@H](CO)[C@H](O)[C@H](O)[C@H]2O)[C@@H]1O. The third-order valence-corrected chi connectivity index (χ3v) is 14.6.